The molecule has 3 amide bonds. The zero-order valence-corrected chi connectivity index (χ0v) is 18.2. The van der Waals surface area contributed by atoms with Gasteiger partial charge in [0, 0.05) is 23.3 Å². The second-order valence-corrected chi connectivity index (χ2v) is 7.81. The Morgan fingerprint density at radius 3 is 2.16 bits per heavy atom. The van der Waals surface area contributed by atoms with Crippen LogP contribution in [-0.2, 0) is 14.4 Å². The van der Waals surface area contributed by atoms with Crippen LogP contribution < -0.4 is 15.5 Å². The lowest BCUT2D eigenvalue weighted by molar-refractivity contribution is -0.120. The molecule has 2 N–H and O–H groups in total. The van der Waals surface area contributed by atoms with Gasteiger partial charge >= 0.3 is 0 Å². The summed E-state index contributed by atoms with van der Waals surface area (Å²) in [5, 5.41) is 6.33. The number of rotatable bonds is 5. The molecule has 1 heterocycles. The Bertz CT molecular complexity index is 1250. The molecule has 0 fully saturated rings. The van der Waals surface area contributed by atoms with Crippen LogP contribution in [0.5, 0.6) is 0 Å². The summed E-state index contributed by atoms with van der Waals surface area (Å²) in [6.07, 6.45) is 0. The molecule has 0 bridgehead atoms. The van der Waals surface area contributed by atoms with Gasteiger partial charge in [-0.05, 0) is 60.5 Å². The van der Waals surface area contributed by atoms with Gasteiger partial charge in [0.2, 0.25) is 5.91 Å². The average molecular weight is 446 g/mol. The van der Waals surface area contributed by atoms with E-state index in [1.807, 2.05) is 18.2 Å². The molecule has 0 aliphatic carbocycles. The first-order valence-corrected chi connectivity index (χ1v) is 10.3. The number of carbonyl (C=O) groups excluding carboxylic acids is 3. The summed E-state index contributed by atoms with van der Waals surface area (Å²) in [4.78, 5) is 39.3. The van der Waals surface area contributed by atoms with Crippen molar-refractivity contribution in [2.45, 2.75) is 13.8 Å². The molecule has 0 unspecified atom stereocenters. The first-order valence-electron chi connectivity index (χ1n) is 9.94. The number of hydrogen-bond donors (Lipinski definition) is 2. The molecule has 0 saturated carbocycles. The highest BCUT2D eigenvalue weighted by Gasteiger charge is 2.40. The predicted octanol–water partition coefficient (Wildman–Crippen LogP) is 5.00. The average Bonchev–Trinajstić information content (AvgIpc) is 2.99. The van der Waals surface area contributed by atoms with E-state index in [9.17, 15) is 14.4 Å². The van der Waals surface area contributed by atoms with Gasteiger partial charge in [-0.15, -0.1) is 0 Å². The van der Waals surface area contributed by atoms with Crippen LogP contribution in [0.15, 0.2) is 78.5 Å². The number of imide groups is 1. The molecule has 7 heteroatoms. The number of hydrogen-bond acceptors (Lipinski definition) is 4. The SMILES string of the molecule is CC(=O)Nc1ccc(NC2=C(c3ccccc3)C(=O)N(c3ccc(Cl)cc3C)C2=O)cc1. The monoisotopic (exact) mass is 445 g/mol. The molecule has 3 aromatic rings. The van der Waals surface area contributed by atoms with E-state index in [2.05, 4.69) is 10.6 Å². The molecule has 1 aliphatic rings. The van der Waals surface area contributed by atoms with Crippen LogP contribution in [0.25, 0.3) is 5.57 Å². The van der Waals surface area contributed by atoms with Gasteiger partial charge in [-0.2, -0.15) is 0 Å². The van der Waals surface area contributed by atoms with E-state index in [-0.39, 0.29) is 17.2 Å². The molecule has 0 spiro atoms. The third-order valence-corrected chi connectivity index (χ3v) is 5.26. The number of halogens is 1. The summed E-state index contributed by atoms with van der Waals surface area (Å²) in [7, 11) is 0. The van der Waals surface area contributed by atoms with Gasteiger partial charge in [0.15, 0.2) is 0 Å². The summed E-state index contributed by atoms with van der Waals surface area (Å²) in [6.45, 7) is 3.23. The van der Waals surface area contributed by atoms with Gasteiger partial charge in [0.05, 0.1) is 11.3 Å². The fourth-order valence-corrected chi connectivity index (χ4v) is 3.82. The van der Waals surface area contributed by atoms with E-state index in [0.717, 1.165) is 0 Å². The number of aryl methyl sites for hydroxylation is 1. The highest BCUT2D eigenvalue weighted by atomic mass is 35.5. The molecule has 0 saturated heterocycles. The van der Waals surface area contributed by atoms with Crippen molar-refractivity contribution in [2.75, 3.05) is 15.5 Å². The first kappa shape index (κ1) is 21.3. The molecule has 0 radical (unpaired) electrons. The number of anilines is 3. The van der Waals surface area contributed by atoms with Crippen molar-refractivity contribution in [3.8, 4) is 0 Å². The fourth-order valence-electron chi connectivity index (χ4n) is 3.59. The third-order valence-electron chi connectivity index (χ3n) is 5.02. The smallest absolute Gasteiger partial charge is 0.282 e. The predicted molar refractivity (Wildman–Crippen MR) is 126 cm³/mol. The molecule has 160 valence electrons. The third kappa shape index (κ3) is 4.13. The van der Waals surface area contributed by atoms with Gasteiger partial charge in [-0.1, -0.05) is 41.9 Å². The highest BCUT2D eigenvalue weighted by molar-refractivity contribution is 6.46. The zero-order valence-electron chi connectivity index (χ0n) is 17.5. The summed E-state index contributed by atoms with van der Waals surface area (Å²) >= 11 is 6.06. The van der Waals surface area contributed by atoms with E-state index in [0.29, 0.717) is 33.2 Å². The van der Waals surface area contributed by atoms with E-state index < -0.39 is 11.8 Å². The molecule has 32 heavy (non-hydrogen) atoms. The zero-order chi connectivity index (χ0) is 22.8. The minimum atomic E-state index is -0.454. The Morgan fingerprint density at radius 2 is 1.53 bits per heavy atom. The van der Waals surface area contributed by atoms with Gasteiger partial charge in [-0.3, -0.25) is 14.4 Å². The maximum Gasteiger partial charge on any atom is 0.282 e. The molecule has 6 nitrogen and oxygen atoms in total. The van der Waals surface area contributed by atoms with E-state index in [1.54, 1.807) is 61.5 Å². The van der Waals surface area contributed by atoms with Crippen molar-refractivity contribution in [3.63, 3.8) is 0 Å². The molecule has 0 atom stereocenters. The van der Waals surface area contributed by atoms with Crippen LogP contribution >= 0.6 is 11.6 Å². The number of nitrogens with zero attached hydrogens (tertiary/aromatic N) is 1. The Morgan fingerprint density at radius 1 is 0.875 bits per heavy atom. The Balaban J connectivity index is 1.75. The second-order valence-electron chi connectivity index (χ2n) is 7.38. The van der Waals surface area contributed by atoms with Crippen LogP contribution in [-0.4, -0.2) is 17.7 Å². The largest absolute Gasteiger partial charge is 0.350 e. The van der Waals surface area contributed by atoms with Crippen molar-refractivity contribution in [1.82, 2.24) is 0 Å². The van der Waals surface area contributed by atoms with Crippen LogP contribution in [0.3, 0.4) is 0 Å². The number of nitrogens with one attached hydrogen (secondary N) is 2. The van der Waals surface area contributed by atoms with E-state index >= 15 is 0 Å². The summed E-state index contributed by atoms with van der Waals surface area (Å²) in [6, 6.07) is 21.0. The van der Waals surface area contributed by atoms with E-state index in [4.69, 9.17) is 11.6 Å². The van der Waals surface area contributed by atoms with Crippen LogP contribution in [0, 0.1) is 6.92 Å². The molecule has 1 aliphatic heterocycles. The Labute approximate surface area is 190 Å². The maximum absolute atomic E-state index is 13.5. The first-order chi connectivity index (χ1) is 15.3. The van der Waals surface area contributed by atoms with Gasteiger partial charge in [-0.25, -0.2) is 4.90 Å². The Hall–Kier alpha value is -3.90. The van der Waals surface area contributed by atoms with Crippen molar-refractivity contribution >= 4 is 52.0 Å². The molecular weight excluding hydrogens is 426 g/mol. The summed E-state index contributed by atoms with van der Waals surface area (Å²) in [5.41, 5.74) is 3.55. The van der Waals surface area contributed by atoms with Crippen molar-refractivity contribution in [2.24, 2.45) is 0 Å². The second kappa shape index (κ2) is 8.69. The molecule has 4 rings (SSSR count). The highest BCUT2D eigenvalue weighted by Crippen LogP contribution is 2.35. The molecule has 3 aromatic carbocycles. The van der Waals surface area contributed by atoms with Crippen molar-refractivity contribution < 1.29 is 14.4 Å². The number of amides is 3. The standard InChI is InChI=1S/C25H20ClN3O3/c1-15-14-18(26)8-13-21(15)29-24(31)22(17-6-4-3-5-7-17)23(25(29)32)28-20-11-9-19(10-12-20)27-16(2)30/h3-14,28H,1-2H3,(H,27,30). The van der Waals surface area contributed by atoms with Gasteiger partial charge < -0.3 is 10.6 Å². The van der Waals surface area contributed by atoms with Gasteiger partial charge in [0.25, 0.3) is 11.8 Å². The molecule has 0 aromatic heterocycles. The summed E-state index contributed by atoms with van der Waals surface area (Å²) < 4.78 is 0. The lowest BCUT2D eigenvalue weighted by atomic mass is 10.0. The van der Waals surface area contributed by atoms with Crippen LogP contribution in [0.4, 0.5) is 17.1 Å². The Kier molecular flexibility index (Phi) is 5.79. The van der Waals surface area contributed by atoms with Crippen LogP contribution in [0.2, 0.25) is 5.02 Å². The number of benzene rings is 3. The fraction of sp³-hybridized carbons (Fsp3) is 0.0800. The number of carbonyl (C=O) groups is 3. The minimum absolute atomic E-state index is 0.176. The van der Waals surface area contributed by atoms with E-state index in [1.165, 1.54) is 11.8 Å². The van der Waals surface area contributed by atoms with Crippen molar-refractivity contribution in [3.05, 3.63) is 94.6 Å². The van der Waals surface area contributed by atoms with Crippen LogP contribution in [0.1, 0.15) is 18.1 Å². The topological polar surface area (TPSA) is 78.5 Å². The summed E-state index contributed by atoms with van der Waals surface area (Å²) in [5.74, 6) is -1.04. The lowest BCUT2D eigenvalue weighted by Crippen LogP contribution is -2.33. The maximum atomic E-state index is 13.5. The lowest BCUT2D eigenvalue weighted by Gasteiger charge is -2.18. The quantitative estimate of drug-likeness (QED) is 0.541. The van der Waals surface area contributed by atoms with Gasteiger partial charge in [0.1, 0.15) is 5.70 Å². The normalized spacial score (nSPS) is 13.5. The van der Waals surface area contributed by atoms with Crippen molar-refractivity contribution in [1.29, 1.82) is 0 Å². The minimum Gasteiger partial charge on any atom is -0.350 e. The molecular formula is C25H20ClN3O3.